The van der Waals surface area contributed by atoms with E-state index >= 15 is 0 Å². The predicted octanol–water partition coefficient (Wildman–Crippen LogP) is 1.07. The maximum atomic E-state index is 11.3. The number of nitrogens with one attached hydrogen (secondary N) is 1. The van der Waals surface area contributed by atoms with Crippen LogP contribution in [0.5, 0.6) is 5.75 Å². The number of ether oxygens (including phenoxy) is 1. The molecular weight excluding hydrogens is 228 g/mol. The van der Waals surface area contributed by atoms with Gasteiger partial charge in [0, 0.05) is 17.8 Å². The second-order valence-electron chi connectivity index (χ2n) is 3.17. The number of aromatic nitrogens is 1. The fraction of sp³-hybridized carbons (Fsp3) is 0.200. The molecule has 0 unspecified atom stereocenters. The molecule has 7 heteroatoms. The molecule has 1 heterocycles. The van der Waals surface area contributed by atoms with Crippen molar-refractivity contribution < 1.29 is 14.5 Å². The minimum Gasteiger partial charge on any atom is -0.416 e. The summed E-state index contributed by atoms with van der Waals surface area (Å²) in [6.45, 7) is 3.12. The van der Waals surface area contributed by atoms with Gasteiger partial charge in [-0.1, -0.05) is 6.08 Å². The number of carbonyl (C=O) groups excluding carboxylic acids is 1. The highest BCUT2D eigenvalue weighted by molar-refractivity contribution is 5.84. The molecule has 0 spiro atoms. The van der Waals surface area contributed by atoms with Crippen LogP contribution in [0, 0.1) is 17.0 Å². The number of nitro groups is 1. The fourth-order valence-electron chi connectivity index (χ4n) is 1.18. The molecule has 1 N–H and O–H groups in total. The van der Waals surface area contributed by atoms with E-state index in [4.69, 9.17) is 4.74 Å². The minimum absolute atomic E-state index is 0.362. The molecule has 0 saturated carbocycles. The molecule has 0 aliphatic rings. The first-order chi connectivity index (χ1) is 7.95. The first-order valence-corrected chi connectivity index (χ1v) is 4.68. The van der Waals surface area contributed by atoms with Crippen LogP contribution in [0.2, 0.25) is 0 Å². The van der Waals surface area contributed by atoms with Crippen molar-refractivity contribution >= 4 is 11.7 Å². The Hall–Kier alpha value is -2.44. The summed E-state index contributed by atoms with van der Waals surface area (Å²) in [6.07, 6.45) is 2.52. The Bertz CT molecular complexity index is 544. The summed E-state index contributed by atoms with van der Waals surface area (Å²) < 4.78 is 4.72. The van der Waals surface area contributed by atoms with Gasteiger partial charge < -0.3 is 9.72 Å². The first-order valence-electron chi connectivity index (χ1n) is 4.68. The van der Waals surface area contributed by atoms with Crippen molar-refractivity contribution in [2.75, 3.05) is 0 Å². The number of H-pyrrole nitrogens is 1. The van der Waals surface area contributed by atoms with E-state index in [0.29, 0.717) is 5.69 Å². The van der Waals surface area contributed by atoms with Gasteiger partial charge in [0.05, 0.1) is 4.92 Å². The van der Waals surface area contributed by atoms with Crippen LogP contribution in [-0.4, -0.2) is 15.9 Å². The Labute approximate surface area is 95.9 Å². The second-order valence-corrected chi connectivity index (χ2v) is 3.17. The number of esters is 1. The molecule has 0 aromatic carbocycles. The molecule has 0 radical (unpaired) electrons. The number of allylic oxidation sites excluding steroid dienone is 1. The Kier molecular flexibility index (Phi) is 3.76. The van der Waals surface area contributed by atoms with Crippen molar-refractivity contribution in [2.24, 2.45) is 0 Å². The van der Waals surface area contributed by atoms with Crippen LogP contribution in [0.3, 0.4) is 0 Å². The molecule has 0 saturated heterocycles. The van der Waals surface area contributed by atoms with Gasteiger partial charge in [0.15, 0.2) is 0 Å². The Morgan fingerprint density at radius 3 is 2.76 bits per heavy atom. The molecule has 1 rings (SSSR count). The lowest BCUT2D eigenvalue weighted by molar-refractivity contribution is -0.387. The molecule has 90 valence electrons. The van der Waals surface area contributed by atoms with Crippen molar-refractivity contribution in [2.45, 2.75) is 13.8 Å². The zero-order valence-electron chi connectivity index (χ0n) is 9.22. The first kappa shape index (κ1) is 12.6. The van der Waals surface area contributed by atoms with Crippen LogP contribution in [-0.2, 0) is 4.79 Å². The average Bonchev–Trinajstić information content (AvgIpc) is 2.15. The molecule has 1 aromatic heterocycles. The van der Waals surface area contributed by atoms with E-state index in [1.165, 1.54) is 19.1 Å². The lowest BCUT2D eigenvalue weighted by atomic mass is 10.3. The lowest BCUT2D eigenvalue weighted by Crippen LogP contribution is -2.16. The van der Waals surface area contributed by atoms with Gasteiger partial charge in [0.25, 0.3) is 0 Å². The van der Waals surface area contributed by atoms with E-state index in [1.54, 1.807) is 6.92 Å². The van der Waals surface area contributed by atoms with Crippen molar-refractivity contribution in [1.82, 2.24) is 4.98 Å². The molecule has 0 aliphatic heterocycles. The van der Waals surface area contributed by atoms with Crippen molar-refractivity contribution in [3.63, 3.8) is 0 Å². The van der Waals surface area contributed by atoms with E-state index in [2.05, 4.69) is 4.98 Å². The minimum atomic E-state index is -0.904. The molecule has 0 bridgehead atoms. The summed E-state index contributed by atoms with van der Waals surface area (Å²) in [5, 5.41) is 10.7. The van der Waals surface area contributed by atoms with E-state index in [0.717, 1.165) is 6.08 Å². The Morgan fingerprint density at radius 2 is 2.24 bits per heavy atom. The number of aromatic amines is 1. The van der Waals surface area contributed by atoms with Crippen molar-refractivity contribution in [3.05, 3.63) is 44.4 Å². The summed E-state index contributed by atoms with van der Waals surface area (Å²) in [5.74, 6) is -1.14. The highest BCUT2D eigenvalue weighted by Gasteiger charge is 2.22. The average molecular weight is 238 g/mol. The lowest BCUT2D eigenvalue weighted by Gasteiger charge is -2.02. The van der Waals surface area contributed by atoms with Crippen LogP contribution in [0.4, 0.5) is 5.69 Å². The summed E-state index contributed by atoms with van der Waals surface area (Å²) in [5.41, 5.74) is -1.32. The second kappa shape index (κ2) is 5.06. The maximum Gasteiger partial charge on any atom is 0.376 e. The molecule has 17 heavy (non-hydrogen) atoms. The Morgan fingerprint density at radius 1 is 1.59 bits per heavy atom. The molecule has 0 amide bonds. The summed E-state index contributed by atoms with van der Waals surface area (Å²) in [4.78, 5) is 34.5. The summed E-state index contributed by atoms with van der Waals surface area (Å²) in [7, 11) is 0. The number of hydrogen-bond acceptors (Lipinski definition) is 5. The molecular formula is C10H10N2O5. The predicted molar refractivity (Wildman–Crippen MR) is 58.9 cm³/mol. The zero-order chi connectivity index (χ0) is 13.0. The number of pyridine rings is 1. The number of rotatable bonds is 3. The number of hydrogen-bond donors (Lipinski definition) is 1. The third kappa shape index (κ3) is 3.00. The largest absolute Gasteiger partial charge is 0.416 e. The summed E-state index contributed by atoms with van der Waals surface area (Å²) in [6, 6.07) is 1.22. The highest BCUT2D eigenvalue weighted by Crippen LogP contribution is 2.22. The van der Waals surface area contributed by atoms with Gasteiger partial charge in [-0.15, -0.1) is 0 Å². The molecule has 1 aromatic rings. The van der Waals surface area contributed by atoms with Gasteiger partial charge in [-0.2, -0.15) is 0 Å². The zero-order valence-corrected chi connectivity index (χ0v) is 9.22. The van der Waals surface area contributed by atoms with E-state index < -0.39 is 22.1 Å². The number of carbonyl (C=O) groups is 1. The van der Waals surface area contributed by atoms with E-state index in [1.807, 2.05) is 0 Å². The van der Waals surface area contributed by atoms with Crippen LogP contribution in [0.25, 0.3) is 0 Å². The monoisotopic (exact) mass is 238 g/mol. The summed E-state index contributed by atoms with van der Waals surface area (Å²) >= 11 is 0. The van der Waals surface area contributed by atoms with Crippen molar-refractivity contribution in [3.8, 4) is 5.75 Å². The van der Waals surface area contributed by atoms with Gasteiger partial charge in [-0.3, -0.25) is 14.9 Å². The third-order valence-corrected chi connectivity index (χ3v) is 1.80. The maximum absolute atomic E-state index is 11.3. The van der Waals surface area contributed by atoms with E-state index in [-0.39, 0.29) is 5.75 Å². The van der Waals surface area contributed by atoms with Gasteiger partial charge >= 0.3 is 17.2 Å². The van der Waals surface area contributed by atoms with Gasteiger partial charge in [0.2, 0.25) is 5.75 Å². The number of aryl methyl sites for hydroxylation is 1. The SMILES string of the molecule is CC=CC(=O)Oc1cc(C)[nH]c(=O)c1[N+](=O)[O-]. The fourth-order valence-corrected chi connectivity index (χ4v) is 1.18. The quantitative estimate of drug-likeness (QED) is 0.367. The molecule has 0 atom stereocenters. The van der Waals surface area contributed by atoms with Crippen LogP contribution >= 0.6 is 0 Å². The van der Waals surface area contributed by atoms with Gasteiger partial charge in [-0.05, 0) is 13.8 Å². The molecule has 7 nitrogen and oxygen atoms in total. The number of nitrogens with zero attached hydrogens (tertiary/aromatic N) is 1. The van der Waals surface area contributed by atoms with Gasteiger partial charge in [0.1, 0.15) is 0 Å². The van der Waals surface area contributed by atoms with Crippen LogP contribution < -0.4 is 10.3 Å². The topological polar surface area (TPSA) is 102 Å². The smallest absolute Gasteiger partial charge is 0.376 e. The van der Waals surface area contributed by atoms with Gasteiger partial charge in [-0.25, -0.2) is 4.79 Å². The van der Waals surface area contributed by atoms with Crippen molar-refractivity contribution in [1.29, 1.82) is 0 Å². The standard InChI is InChI=1S/C10H10N2O5/c1-3-4-8(13)17-7-5-6(2)11-10(14)9(7)12(15)16/h3-5H,1-2H3,(H,11,14). The Balaban J connectivity index is 3.26. The molecule has 0 fully saturated rings. The van der Waals surface area contributed by atoms with E-state index in [9.17, 15) is 19.7 Å². The van der Waals surface area contributed by atoms with Crippen LogP contribution in [0.1, 0.15) is 12.6 Å². The third-order valence-electron chi connectivity index (χ3n) is 1.80. The van der Waals surface area contributed by atoms with Crippen LogP contribution in [0.15, 0.2) is 23.0 Å². The highest BCUT2D eigenvalue weighted by atomic mass is 16.6. The normalized spacial score (nSPS) is 10.5. The molecule has 0 aliphatic carbocycles.